The van der Waals surface area contributed by atoms with Gasteiger partial charge in [0, 0.05) is 77.6 Å². The highest BCUT2D eigenvalue weighted by Gasteiger charge is 2.15. The molecule has 0 atom stereocenters. The third kappa shape index (κ3) is 3.60. The lowest BCUT2D eigenvalue weighted by Crippen LogP contribution is -2.10. The maximum atomic E-state index is 4.95. The standard InChI is InChI=1S/C26H22N8/c1-34(2)15-16-7-18(10-28-9-16)19-8-20-22(13-31-25(20)30-11-19)26-32-23-14-29-12-21(24(23)33-26)17-3-5-27-6-4-17/h3-14H,15H2,1-2H3,(H,30,31)(H,32,33). The van der Waals surface area contributed by atoms with E-state index in [1.165, 1.54) is 0 Å². The van der Waals surface area contributed by atoms with Crippen LogP contribution in [0, 0.1) is 0 Å². The number of rotatable bonds is 5. The lowest BCUT2D eigenvalue weighted by molar-refractivity contribution is 0.402. The zero-order valence-electron chi connectivity index (χ0n) is 18.8. The van der Waals surface area contributed by atoms with Crippen LogP contribution in [0.25, 0.3) is 55.7 Å². The molecule has 0 aliphatic carbocycles. The first-order chi connectivity index (χ1) is 16.7. The summed E-state index contributed by atoms with van der Waals surface area (Å²) in [6.07, 6.45) is 14.8. The molecule has 166 valence electrons. The van der Waals surface area contributed by atoms with Crippen LogP contribution in [-0.2, 0) is 6.54 Å². The van der Waals surface area contributed by atoms with Gasteiger partial charge in [-0.15, -0.1) is 0 Å². The molecule has 0 radical (unpaired) electrons. The highest BCUT2D eigenvalue weighted by atomic mass is 15.0. The highest BCUT2D eigenvalue weighted by molar-refractivity contribution is 5.98. The van der Waals surface area contributed by atoms with Crippen molar-refractivity contribution in [3.63, 3.8) is 0 Å². The minimum atomic E-state index is 0.767. The molecule has 6 aromatic rings. The average Bonchev–Trinajstić information content (AvgIpc) is 3.48. The summed E-state index contributed by atoms with van der Waals surface area (Å²) in [6, 6.07) is 8.23. The quantitative estimate of drug-likeness (QED) is 0.399. The summed E-state index contributed by atoms with van der Waals surface area (Å²) in [7, 11) is 4.10. The maximum Gasteiger partial charge on any atom is 0.140 e. The van der Waals surface area contributed by atoms with E-state index >= 15 is 0 Å². The minimum Gasteiger partial charge on any atom is -0.345 e. The van der Waals surface area contributed by atoms with Crippen molar-refractivity contribution in [2.24, 2.45) is 0 Å². The Hall–Kier alpha value is -4.43. The molecule has 0 aliphatic rings. The van der Waals surface area contributed by atoms with Crippen molar-refractivity contribution in [1.82, 2.24) is 39.8 Å². The van der Waals surface area contributed by atoms with Crippen molar-refractivity contribution < 1.29 is 0 Å². The van der Waals surface area contributed by atoms with E-state index in [1.54, 1.807) is 18.6 Å². The molecule has 0 spiro atoms. The number of pyridine rings is 4. The molecule has 34 heavy (non-hydrogen) atoms. The van der Waals surface area contributed by atoms with Crippen molar-refractivity contribution in [3.05, 3.63) is 79.4 Å². The van der Waals surface area contributed by atoms with Crippen molar-refractivity contribution in [3.8, 4) is 33.6 Å². The smallest absolute Gasteiger partial charge is 0.140 e. The number of nitrogens with one attached hydrogen (secondary N) is 2. The summed E-state index contributed by atoms with van der Waals surface area (Å²) in [4.78, 5) is 31.4. The second-order valence-corrected chi connectivity index (χ2v) is 8.55. The average molecular weight is 447 g/mol. The van der Waals surface area contributed by atoms with Gasteiger partial charge in [-0.3, -0.25) is 15.0 Å². The van der Waals surface area contributed by atoms with Gasteiger partial charge in [0.05, 0.1) is 17.2 Å². The Morgan fingerprint density at radius 2 is 1.65 bits per heavy atom. The second kappa shape index (κ2) is 8.17. The predicted molar refractivity (Wildman–Crippen MR) is 133 cm³/mol. The Kier molecular flexibility index (Phi) is 4.85. The Morgan fingerprint density at radius 3 is 2.50 bits per heavy atom. The van der Waals surface area contributed by atoms with Crippen LogP contribution in [0.1, 0.15) is 5.56 Å². The Bertz CT molecular complexity index is 1610. The summed E-state index contributed by atoms with van der Waals surface area (Å²) in [5, 5.41) is 0.994. The Labute approximate surface area is 195 Å². The largest absolute Gasteiger partial charge is 0.345 e. The number of fused-ring (bicyclic) bond motifs is 2. The van der Waals surface area contributed by atoms with Crippen molar-refractivity contribution >= 4 is 22.1 Å². The molecule has 8 heteroatoms. The van der Waals surface area contributed by atoms with Gasteiger partial charge in [-0.05, 0) is 49.5 Å². The molecule has 6 aromatic heterocycles. The molecule has 0 aliphatic heterocycles. The van der Waals surface area contributed by atoms with Crippen molar-refractivity contribution in [1.29, 1.82) is 0 Å². The van der Waals surface area contributed by atoms with Crippen LogP contribution >= 0.6 is 0 Å². The third-order valence-electron chi connectivity index (χ3n) is 5.80. The molecule has 0 unspecified atom stereocenters. The number of aromatic amines is 2. The van der Waals surface area contributed by atoms with E-state index < -0.39 is 0 Å². The fourth-order valence-electron chi connectivity index (χ4n) is 4.26. The lowest BCUT2D eigenvalue weighted by Gasteiger charge is -2.10. The van der Waals surface area contributed by atoms with Gasteiger partial charge in [-0.1, -0.05) is 0 Å². The molecule has 6 heterocycles. The molecule has 6 rings (SSSR count). The molecule has 0 aromatic carbocycles. The molecule has 0 fully saturated rings. The summed E-state index contributed by atoms with van der Waals surface area (Å²) < 4.78 is 0. The molecule has 0 amide bonds. The molecular formula is C26H22N8. The Morgan fingerprint density at radius 1 is 0.824 bits per heavy atom. The van der Waals surface area contributed by atoms with E-state index in [0.717, 1.165) is 67.8 Å². The fourth-order valence-corrected chi connectivity index (χ4v) is 4.26. The number of aromatic nitrogens is 7. The number of hydrogen-bond donors (Lipinski definition) is 2. The van der Waals surface area contributed by atoms with E-state index in [4.69, 9.17) is 4.98 Å². The first-order valence-corrected chi connectivity index (χ1v) is 11.0. The highest BCUT2D eigenvalue weighted by Crippen LogP contribution is 2.33. The van der Waals surface area contributed by atoms with E-state index in [0.29, 0.717) is 0 Å². The molecule has 8 nitrogen and oxygen atoms in total. The van der Waals surface area contributed by atoms with Crippen molar-refractivity contribution in [2.45, 2.75) is 6.54 Å². The Balaban J connectivity index is 1.45. The fraction of sp³-hybridized carbons (Fsp3) is 0.115. The normalized spacial score (nSPS) is 11.6. The van der Waals surface area contributed by atoms with Crippen LogP contribution in [0.4, 0.5) is 0 Å². The van der Waals surface area contributed by atoms with Crippen LogP contribution in [0.15, 0.2) is 73.8 Å². The SMILES string of the molecule is CN(C)Cc1cncc(-c2cnc3[nH]cc(-c4nc5c(-c6ccncc6)cncc5[nH]4)c3c2)c1. The number of nitrogens with zero attached hydrogens (tertiary/aromatic N) is 6. The van der Waals surface area contributed by atoms with Gasteiger partial charge >= 0.3 is 0 Å². The second-order valence-electron chi connectivity index (χ2n) is 8.55. The first kappa shape index (κ1) is 20.2. The van der Waals surface area contributed by atoms with Gasteiger partial charge in [0.1, 0.15) is 11.5 Å². The van der Waals surface area contributed by atoms with Crippen LogP contribution in [0.5, 0.6) is 0 Å². The van der Waals surface area contributed by atoms with Crippen LogP contribution in [0.3, 0.4) is 0 Å². The summed E-state index contributed by atoms with van der Waals surface area (Å²) >= 11 is 0. The zero-order chi connectivity index (χ0) is 23.1. The van der Waals surface area contributed by atoms with E-state index in [-0.39, 0.29) is 0 Å². The van der Waals surface area contributed by atoms with Crippen LogP contribution in [0.2, 0.25) is 0 Å². The van der Waals surface area contributed by atoms with Gasteiger partial charge in [-0.25, -0.2) is 9.97 Å². The molecular weight excluding hydrogens is 424 g/mol. The number of H-pyrrole nitrogens is 2. The predicted octanol–water partition coefficient (Wildman–Crippen LogP) is 4.69. The van der Waals surface area contributed by atoms with Gasteiger partial charge < -0.3 is 14.9 Å². The van der Waals surface area contributed by atoms with Gasteiger partial charge in [0.2, 0.25) is 0 Å². The summed E-state index contributed by atoms with van der Waals surface area (Å²) in [5.74, 6) is 0.767. The van der Waals surface area contributed by atoms with Gasteiger partial charge in [0.25, 0.3) is 0 Å². The molecule has 2 N–H and O–H groups in total. The van der Waals surface area contributed by atoms with E-state index in [9.17, 15) is 0 Å². The molecule has 0 saturated carbocycles. The van der Waals surface area contributed by atoms with E-state index in [1.807, 2.05) is 43.1 Å². The number of hydrogen-bond acceptors (Lipinski definition) is 6. The molecule has 0 bridgehead atoms. The third-order valence-corrected chi connectivity index (χ3v) is 5.80. The lowest BCUT2D eigenvalue weighted by atomic mass is 10.1. The topological polar surface area (TPSA) is 99.3 Å². The minimum absolute atomic E-state index is 0.767. The van der Waals surface area contributed by atoms with E-state index in [2.05, 4.69) is 61.0 Å². The van der Waals surface area contributed by atoms with Crippen LogP contribution in [-0.4, -0.2) is 53.9 Å². The summed E-state index contributed by atoms with van der Waals surface area (Å²) in [6.45, 7) is 0.832. The van der Waals surface area contributed by atoms with Crippen molar-refractivity contribution in [2.75, 3.05) is 14.1 Å². The maximum absolute atomic E-state index is 4.95. The first-order valence-electron chi connectivity index (χ1n) is 11.0. The molecule has 0 saturated heterocycles. The summed E-state index contributed by atoms with van der Waals surface area (Å²) in [5.41, 5.74) is 8.71. The number of imidazole rings is 1. The monoisotopic (exact) mass is 446 g/mol. The van der Waals surface area contributed by atoms with Crippen LogP contribution < -0.4 is 0 Å². The van der Waals surface area contributed by atoms with Gasteiger partial charge in [-0.2, -0.15) is 0 Å². The van der Waals surface area contributed by atoms with Gasteiger partial charge in [0.15, 0.2) is 0 Å². The zero-order valence-corrected chi connectivity index (χ0v) is 18.8.